The molecule has 2 heteroatoms. The van der Waals surface area contributed by atoms with Crippen molar-refractivity contribution in [2.45, 2.75) is 13.8 Å². The second-order valence-corrected chi connectivity index (χ2v) is 4.02. The van der Waals surface area contributed by atoms with Gasteiger partial charge in [-0.25, -0.2) is 0 Å². The first-order chi connectivity index (χ1) is 7.58. The molecule has 2 aromatic carbocycles. The Balaban J connectivity index is 2.60. The fourth-order valence-electron chi connectivity index (χ4n) is 1.95. The number of hydrogen-bond acceptors (Lipinski definition) is 2. The van der Waals surface area contributed by atoms with Crippen LogP contribution >= 0.6 is 0 Å². The van der Waals surface area contributed by atoms with Crippen molar-refractivity contribution in [1.82, 2.24) is 0 Å². The molecule has 0 aliphatic heterocycles. The second kappa shape index (κ2) is 3.89. The highest BCUT2D eigenvalue weighted by Crippen LogP contribution is 2.33. The lowest BCUT2D eigenvalue weighted by molar-refractivity contribution is 0.474. The summed E-state index contributed by atoms with van der Waals surface area (Å²) in [5.41, 5.74) is 3.80. The molecular formula is C14H14O2. The van der Waals surface area contributed by atoms with E-state index in [2.05, 4.69) is 0 Å². The number of benzene rings is 2. The maximum atomic E-state index is 9.93. The van der Waals surface area contributed by atoms with Gasteiger partial charge in [0.25, 0.3) is 0 Å². The first kappa shape index (κ1) is 10.6. The molecule has 16 heavy (non-hydrogen) atoms. The van der Waals surface area contributed by atoms with E-state index >= 15 is 0 Å². The standard InChI is InChI=1S/C14H14O2/c1-9-7-10(2)14(13(16)8-9)11-3-5-12(15)6-4-11/h3-8,15-16H,1-2H3. The molecule has 0 saturated heterocycles. The Bertz CT molecular complexity index is 490. The second-order valence-electron chi connectivity index (χ2n) is 4.02. The molecule has 82 valence electrons. The van der Waals surface area contributed by atoms with Crippen LogP contribution in [-0.2, 0) is 0 Å². The summed E-state index contributed by atoms with van der Waals surface area (Å²) in [6, 6.07) is 10.6. The van der Waals surface area contributed by atoms with E-state index in [9.17, 15) is 10.2 Å². The average molecular weight is 214 g/mol. The van der Waals surface area contributed by atoms with Gasteiger partial charge in [0.05, 0.1) is 0 Å². The minimum absolute atomic E-state index is 0.230. The molecule has 2 N–H and O–H groups in total. The van der Waals surface area contributed by atoms with Gasteiger partial charge in [0.2, 0.25) is 0 Å². The number of phenols is 2. The Morgan fingerprint density at radius 1 is 0.875 bits per heavy atom. The maximum absolute atomic E-state index is 9.93. The summed E-state index contributed by atoms with van der Waals surface area (Å²) in [7, 11) is 0. The molecule has 2 nitrogen and oxygen atoms in total. The van der Waals surface area contributed by atoms with Crippen molar-refractivity contribution < 1.29 is 10.2 Å². The first-order valence-electron chi connectivity index (χ1n) is 5.17. The van der Waals surface area contributed by atoms with Crippen LogP contribution in [0.3, 0.4) is 0 Å². The van der Waals surface area contributed by atoms with Gasteiger partial charge < -0.3 is 10.2 Å². The first-order valence-corrected chi connectivity index (χ1v) is 5.17. The van der Waals surface area contributed by atoms with E-state index in [0.717, 1.165) is 22.3 Å². The van der Waals surface area contributed by atoms with E-state index in [4.69, 9.17) is 0 Å². The van der Waals surface area contributed by atoms with Gasteiger partial charge in [0.15, 0.2) is 0 Å². The van der Waals surface area contributed by atoms with Crippen LogP contribution in [0.1, 0.15) is 11.1 Å². The van der Waals surface area contributed by atoms with E-state index in [1.165, 1.54) is 0 Å². The fraction of sp³-hybridized carbons (Fsp3) is 0.143. The summed E-state index contributed by atoms with van der Waals surface area (Å²) in [6.07, 6.45) is 0. The van der Waals surface area contributed by atoms with Crippen LogP contribution in [0.4, 0.5) is 0 Å². The summed E-state index contributed by atoms with van der Waals surface area (Å²) < 4.78 is 0. The Labute approximate surface area is 94.8 Å². The van der Waals surface area contributed by atoms with Gasteiger partial charge in [0, 0.05) is 5.56 Å². The van der Waals surface area contributed by atoms with Crippen LogP contribution in [0, 0.1) is 13.8 Å². The van der Waals surface area contributed by atoms with E-state index in [1.54, 1.807) is 30.3 Å². The third-order valence-corrected chi connectivity index (χ3v) is 2.62. The lowest BCUT2D eigenvalue weighted by Crippen LogP contribution is -1.86. The lowest BCUT2D eigenvalue weighted by Gasteiger charge is -2.10. The van der Waals surface area contributed by atoms with Gasteiger partial charge in [-0.3, -0.25) is 0 Å². The normalized spacial score (nSPS) is 10.4. The van der Waals surface area contributed by atoms with Gasteiger partial charge >= 0.3 is 0 Å². The molecule has 0 amide bonds. The average Bonchev–Trinajstić information content (AvgIpc) is 2.19. The van der Waals surface area contributed by atoms with Gasteiger partial charge in [-0.2, -0.15) is 0 Å². The van der Waals surface area contributed by atoms with Crippen LogP contribution in [0.25, 0.3) is 11.1 Å². The number of phenolic OH excluding ortho intramolecular Hbond substituents is 2. The van der Waals surface area contributed by atoms with Gasteiger partial charge in [-0.05, 0) is 48.7 Å². The molecule has 0 atom stereocenters. The molecular weight excluding hydrogens is 200 g/mol. The molecule has 0 saturated carbocycles. The highest BCUT2D eigenvalue weighted by Gasteiger charge is 2.08. The topological polar surface area (TPSA) is 40.5 Å². The molecule has 0 aromatic heterocycles. The van der Waals surface area contributed by atoms with E-state index in [0.29, 0.717) is 0 Å². The van der Waals surface area contributed by atoms with Crippen LogP contribution in [0.2, 0.25) is 0 Å². The summed E-state index contributed by atoms with van der Waals surface area (Å²) >= 11 is 0. The van der Waals surface area contributed by atoms with Crippen molar-refractivity contribution in [3.8, 4) is 22.6 Å². The highest BCUT2D eigenvalue weighted by molar-refractivity contribution is 5.74. The highest BCUT2D eigenvalue weighted by atomic mass is 16.3. The molecule has 0 heterocycles. The molecule has 0 spiro atoms. The van der Waals surface area contributed by atoms with Crippen LogP contribution < -0.4 is 0 Å². The molecule has 0 radical (unpaired) electrons. The van der Waals surface area contributed by atoms with Crippen LogP contribution in [0.5, 0.6) is 11.5 Å². The predicted octanol–water partition coefficient (Wildman–Crippen LogP) is 3.38. The molecule has 0 aliphatic carbocycles. The van der Waals surface area contributed by atoms with Crippen molar-refractivity contribution in [3.63, 3.8) is 0 Å². The van der Waals surface area contributed by atoms with E-state index < -0.39 is 0 Å². The number of hydrogen-bond donors (Lipinski definition) is 2. The number of aromatic hydroxyl groups is 2. The smallest absolute Gasteiger partial charge is 0.123 e. The quantitative estimate of drug-likeness (QED) is 0.764. The van der Waals surface area contributed by atoms with Gasteiger partial charge in [-0.1, -0.05) is 18.2 Å². The monoisotopic (exact) mass is 214 g/mol. The van der Waals surface area contributed by atoms with Gasteiger partial charge in [0.1, 0.15) is 11.5 Å². The van der Waals surface area contributed by atoms with Crippen LogP contribution in [0.15, 0.2) is 36.4 Å². The number of aryl methyl sites for hydroxylation is 2. The molecule has 0 fully saturated rings. The zero-order chi connectivity index (χ0) is 11.7. The third-order valence-electron chi connectivity index (χ3n) is 2.62. The SMILES string of the molecule is Cc1cc(C)c(-c2ccc(O)cc2)c(O)c1. The van der Waals surface area contributed by atoms with Crippen molar-refractivity contribution in [2.75, 3.05) is 0 Å². The van der Waals surface area contributed by atoms with E-state index in [-0.39, 0.29) is 11.5 Å². The minimum atomic E-state index is 0.230. The Kier molecular flexibility index (Phi) is 2.57. The molecule has 2 aromatic rings. The Morgan fingerprint density at radius 2 is 1.50 bits per heavy atom. The Hall–Kier alpha value is -1.96. The molecule has 0 aliphatic rings. The van der Waals surface area contributed by atoms with E-state index in [1.807, 2.05) is 19.9 Å². The largest absolute Gasteiger partial charge is 0.508 e. The predicted molar refractivity (Wildman–Crippen MR) is 64.7 cm³/mol. The molecule has 2 rings (SSSR count). The number of rotatable bonds is 1. The van der Waals surface area contributed by atoms with Crippen molar-refractivity contribution >= 4 is 0 Å². The van der Waals surface area contributed by atoms with Crippen molar-refractivity contribution in [3.05, 3.63) is 47.5 Å². The van der Waals surface area contributed by atoms with Crippen molar-refractivity contribution in [2.24, 2.45) is 0 Å². The van der Waals surface area contributed by atoms with Crippen LogP contribution in [-0.4, -0.2) is 10.2 Å². The van der Waals surface area contributed by atoms with Crippen molar-refractivity contribution in [1.29, 1.82) is 0 Å². The summed E-state index contributed by atoms with van der Waals surface area (Å²) in [5, 5.41) is 19.2. The minimum Gasteiger partial charge on any atom is -0.508 e. The third kappa shape index (κ3) is 1.87. The zero-order valence-electron chi connectivity index (χ0n) is 9.36. The maximum Gasteiger partial charge on any atom is 0.123 e. The summed E-state index contributed by atoms with van der Waals surface area (Å²) in [6.45, 7) is 3.92. The lowest BCUT2D eigenvalue weighted by atomic mass is 9.97. The van der Waals surface area contributed by atoms with Gasteiger partial charge in [-0.15, -0.1) is 0 Å². The summed E-state index contributed by atoms with van der Waals surface area (Å²) in [4.78, 5) is 0. The Morgan fingerprint density at radius 3 is 2.06 bits per heavy atom. The molecule has 0 bridgehead atoms. The zero-order valence-corrected chi connectivity index (χ0v) is 9.36. The molecule has 0 unspecified atom stereocenters. The summed E-state index contributed by atoms with van der Waals surface area (Å²) in [5.74, 6) is 0.510. The fourth-order valence-corrected chi connectivity index (χ4v) is 1.95.